The van der Waals surface area contributed by atoms with Crippen molar-refractivity contribution in [2.75, 3.05) is 11.4 Å². The Morgan fingerprint density at radius 3 is 2.26 bits per heavy atom. The molecule has 0 N–H and O–H groups in total. The lowest BCUT2D eigenvalue weighted by atomic mass is 10.1. The summed E-state index contributed by atoms with van der Waals surface area (Å²) in [5, 5.41) is 0.733. The van der Waals surface area contributed by atoms with Gasteiger partial charge in [-0.25, -0.2) is 0 Å². The average Bonchev–Trinajstić information content (AvgIpc) is 2.47. The number of anilines is 1. The van der Waals surface area contributed by atoms with Crippen LogP contribution in [-0.2, 0) is 0 Å². The summed E-state index contributed by atoms with van der Waals surface area (Å²) in [4.78, 5) is 2.19. The lowest BCUT2D eigenvalue weighted by Crippen LogP contribution is -2.27. The van der Waals surface area contributed by atoms with Crippen molar-refractivity contribution in [2.24, 2.45) is 0 Å². The van der Waals surface area contributed by atoms with Crippen LogP contribution >= 0.6 is 11.6 Å². The molecular weight excluding hydrogens is 254 g/mol. The molecule has 0 aliphatic rings. The van der Waals surface area contributed by atoms with E-state index in [0.29, 0.717) is 0 Å². The fourth-order valence-electron chi connectivity index (χ4n) is 2.15. The summed E-state index contributed by atoms with van der Waals surface area (Å²) in [6.07, 6.45) is 5.73. The summed E-state index contributed by atoms with van der Waals surface area (Å²) < 4.78 is 0. The normalized spacial score (nSPS) is 11.6. The maximum absolute atomic E-state index is 5.93. The fourth-order valence-corrected chi connectivity index (χ4v) is 2.27. The number of benzene rings is 2. The van der Waals surface area contributed by atoms with Gasteiger partial charge in [0.2, 0.25) is 0 Å². The standard InChI is InChI=1S/C17H16ClN/c1-3-17(14-8-6-5-7-9-14)19(4-2)16-12-10-15(18)11-13-16/h1,5-13,17H,4H2,2H3/t17-/m0/s1. The van der Waals surface area contributed by atoms with Gasteiger partial charge in [-0.1, -0.05) is 47.9 Å². The van der Waals surface area contributed by atoms with Gasteiger partial charge in [-0.3, -0.25) is 0 Å². The third kappa shape index (κ3) is 3.10. The molecule has 0 amide bonds. The first kappa shape index (κ1) is 13.5. The lowest BCUT2D eigenvalue weighted by molar-refractivity contribution is 0.766. The van der Waals surface area contributed by atoms with Crippen LogP contribution < -0.4 is 4.90 Å². The molecule has 0 aliphatic carbocycles. The van der Waals surface area contributed by atoms with Gasteiger partial charge in [0.15, 0.2) is 0 Å². The van der Waals surface area contributed by atoms with Gasteiger partial charge in [-0.2, -0.15) is 0 Å². The van der Waals surface area contributed by atoms with E-state index in [2.05, 4.69) is 29.9 Å². The second-order valence-electron chi connectivity index (χ2n) is 4.24. The summed E-state index contributed by atoms with van der Waals surface area (Å²) in [7, 11) is 0. The lowest BCUT2D eigenvalue weighted by Gasteiger charge is -2.29. The van der Waals surface area contributed by atoms with Gasteiger partial charge in [-0.05, 0) is 36.8 Å². The maximum atomic E-state index is 5.93. The van der Waals surface area contributed by atoms with Crippen molar-refractivity contribution in [2.45, 2.75) is 13.0 Å². The highest BCUT2D eigenvalue weighted by Crippen LogP contribution is 2.27. The number of hydrogen-bond acceptors (Lipinski definition) is 1. The van der Waals surface area contributed by atoms with Crippen LogP contribution in [0.2, 0.25) is 5.02 Å². The minimum Gasteiger partial charge on any atom is -0.354 e. The molecule has 0 spiro atoms. The van der Waals surface area contributed by atoms with Crippen molar-refractivity contribution in [3.63, 3.8) is 0 Å². The monoisotopic (exact) mass is 269 g/mol. The molecule has 0 saturated heterocycles. The van der Waals surface area contributed by atoms with Crippen LogP contribution in [0.5, 0.6) is 0 Å². The topological polar surface area (TPSA) is 3.24 Å². The van der Waals surface area contributed by atoms with Gasteiger partial charge in [0, 0.05) is 17.3 Å². The molecule has 2 rings (SSSR count). The molecule has 2 aromatic carbocycles. The molecule has 2 aromatic rings. The summed E-state index contributed by atoms with van der Waals surface area (Å²) in [5.41, 5.74) is 2.21. The Kier molecular flexibility index (Phi) is 4.49. The summed E-state index contributed by atoms with van der Waals surface area (Å²) >= 11 is 5.93. The Balaban J connectivity index is 2.35. The molecule has 1 atom stereocenters. The van der Waals surface area contributed by atoms with E-state index in [4.69, 9.17) is 18.0 Å². The largest absolute Gasteiger partial charge is 0.354 e. The van der Waals surface area contributed by atoms with Crippen molar-refractivity contribution in [3.05, 3.63) is 65.2 Å². The second kappa shape index (κ2) is 6.31. The van der Waals surface area contributed by atoms with E-state index in [1.165, 1.54) is 0 Å². The van der Waals surface area contributed by atoms with Crippen molar-refractivity contribution in [1.29, 1.82) is 0 Å². The van der Waals surface area contributed by atoms with E-state index in [1.807, 2.05) is 42.5 Å². The minimum absolute atomic E-state index is 0.0626. The maximum Gasteiger partial charge on any atom is 0.116 e. The summed E-state index contributed by atoms with van der Waals surface area (Å²) in [6, 6.07) is 17.8. The molecule has 0 bridgehead atoms. The zero-order valence-corrected chi connectivity index (χ0v) is 11.6. The molecule has 0 saturated carbocycles. The van der Waals surface area contributed by atoms with E-state index in [9.17, 15) is 0 Å². The van der Waals surface area contributed by atoms with Gasteiger partial charge < -0.3 is 4.90 Å². The van der Waals surface area contributed by atoms with E-state index in [-0.39, 0.29) is 6.04 Å². The minimum atomic E-state index is -0.0626. The molecule has 19 heavy (non-hydrogen) atoms. The number of rotatable bonds is 4. The van der Waals surface area contributed by atoms with Gasteiger partial charge >= 0.3 is 0 Å². The summed E-state index contributed by atoms with van der Waals surface area (Å²) in [6.45, 7) is 2.94. The molecule has 2 heteroatoms. The molecule has 0 aliphatic heterocycles. The first-order valence-corrected chi connectivity index (χ1v) is 6.67. The molecule has 0 unspecified atom stereocenters. The van der Waals surface area contributed by atoms with Crippen molar-refractivity contribution in [1.82, 2.24) is 0 Å². The Hall–Kier alpha value is -1.91. The number of nitrogens with zero attached hydrogens (tertiary/aromatic N) is 1. The fraction of sp³-hybridized carbons (Fsp3) is 0.176. The van der Waals surface area contributed by atoms with Crippen molar-refractivity contribution >= 4 is 17.3 Å². The predicted molar refractivity (Wildman–Crippen MR) is 82.5 cm³/mol. The van der Waals surface area contributed by atoms with Gasteiger partial charge in [0.25, 0.3) is 0 Å². The zero-order valence-electron chi connectivity index (χ0n) is 10.9. The smallest absolute Gasteiger partial charge is 0.116 e. The SMILES string of the molecule is C#C[C@@H](c1ccccc1)N(CC)c1ccc(Cl)cc1. The van der Waals surface area contributed by atoms with Crippen LogP contribution in [-0.4, -0.2) is 6.54 Å². The highest BCUT2D eigenvalue weighted by atomic mass is 35.5. The third-order valence-corrected chi connectivity index (χ3v) is 3.34. The van der Waals surface area contributed by atoms with Crippen LogP contribution in [0.3, 0.4) is 0 Å². The Bertz CT molecular complexity index is 554. The Labute approximate surface area is 119 Å². The Morgan fingerprint density at radius 1 is 1.11 bits per heavy atom. The van der Waals surface area contributed by atoms with E-state index in [1.54, 1.807) is 0 Å². The predicted octanol–water partition coefficient (Wildman–Crippen LogP) is 4.54. The number of halogens is 1. The second-order valence-corrected chi connectivity index (χ2v) is 4.68. The molecule has 0 radical (unpaired) electrons. The average molecular weight is 270 g/mol. The zero-order chi connectivity index (χ0) is 13.7. The molecule has 0 heterocycles. The van der Waals surface area contributed by atoms with Crippen LogP contribution in [0.1, 0.15) is 18.5 Å². The van der Waals surface area contributed by atoms with Crippen molar-refractivity contribution < 1.29 is 0 Å². The van der Waals surface area contributed by atoms with Crippen LogP contribution in [0.4, 0.5) is 5.69 Å². The molecule has 0 fully saturated rings. The van der Waals surface area contributed by atoms with Gasteiger partial charge in [0.1, 0.15) is 6.04 Å². The van der Waals surface area contributed by atoms with Crippen LogP contribution in [0.15, 0.2) is 54.6 Å². The molecular formula is C17H16ClN. The first-order chi connectivity index (χ1) is 9.26. The third-order valence-electron chi connectivity index (χ3n) is 3.08. The highest BCUT2D eigenvalue weighted by Gasteiger charge is 2.16. The Morgan fingerprint density at radius 2 is 1.74 bits per heavy atom. The quantitative estimate of drug-likeness (QED) is 0.737. The van der Waals surface area contributed by atoms with Crippen LogP contribution in [0.25, 0.3) is 0 Å². The van der Waals surface area contributed by atoms with E-state index < -0.39 is 0 Å². The molecule has 0 aromatic heterocycles. The number of hydrogen-bond donors (Lipinski definition) is 0. The first-order valence-electron chi connectivity index (χ1n) is 6.29. The van der Waals surface area contributed by atoms with Gasteiger partial charge in [-0.15, -0.1) is 6.42 Å². The van der Waals surface area contributed by atoms with E-state index in [0.717, 1.165) is 22.8 Å². The van der Waals surface area contributed by atoms with E-state index >= 15 is 0 Å². The van der Waals surface area contributed by atoms with Gasteiger partial charge in [0.05, 0.1) is 0 Å². The molecule has 1 nitrogen and oxygen atoms in total. The van der Waals surface area contributed by atoms with Crippen LogP contribution in [0, 0.1) is 12.3 Å². The molecule has 96 valence electrons. The number of terminal acetylenes is 1. The summed E-state index contributed by atoms with van der Waals surface area (Å²) in [5.74, 6) is 2.88. The highest BCUT2D eigenvalue weighted by molar-refractivity contribution is 6.30. The van der Waals surface area contributed by atoms with Crippen molar-refractivity contribution in [3.8, 4) is 12.3 Å².